The first-order valence-corrected chi connectivity index (χ1v) is 6.58. The molecular formula is C13H14N2O2S. The first kappa shape index (κ1) is 12.6. The van der Waals surface area contributed by atoms with E-state index in [0.29, 0.717) is 18.0 Å². The molecule has 0 aliphatic carbocycles. The summed E-state index contributed by atoms with van der Waals surface area (Å²) in [4.78, 5) is 16.0. The van der Waals surface area contributed by atoms with Gasteiger partial charge in [0.05, 0.1) is 6.26 Å². The van der Waals surface area contributed by atoms with Crippen molar-refractivity contribution in [3.05, 3.63) is 41.6 Å². The maximum absolute atomic E-state index is 11.8. The van der Waals surface area contributed by atoms with Gasteiger partial charge >= 0.3 is 0 Å². The Morgan fingerprint density at radius 2 is 2.50 bits per heavy atom. The highest BCUT2D eigenvalue weighted by Crippen LogP contribution is 2.23. The monoisotopic (exact) mass is 262 g/mol. The molecule has 0 aliphatic heterocycles. The molecule has 0 saturated carbocycles. The summed E-state index contributed by atoms with van der Waals surface area (Å²) < 4.78 is 5.23. The predicted molar refractivity (Wildman–Crippen MR) is 71.6 cm³/mol. The molecule has 2 aromatic heterocycles. The summed E-state index contributed by atoms with van der Waals surface area (Å²) in [5.41, 5.74) is 0.437. The van der Waals surface area contributed by atoms with E-state index in [1.54, 1.807) is 17.7 Å². The number of furan rings is 1. The van der Waals surface area contributed by atoms with Gasteiger partial charge in [0.1, 0.15) is 5.69 Å². The van der Waals surface area contributed by atoms with Gasteiger partial charge in [-0.15, -0.1) is 11.3 Å². The van der Waals surface area contributed by atoms with Gasteiger partial charge < -0.3 is 9.73 Å². The second-order valence-corrected chi connectivity index (χ2v) is 4.49. The van der Waals surface area contributed by atoms with Crippen LogP contribution in [0.15, 0.2) is 40.3 Å². The number of rotatable bonds is 5. The molecule has 2 rings (SSSR count). The van der Waals surface area contributed by atoms with Crippen LogP contribution in [0.25, 0.3) is 10.8 Å². The van der Waals surface area contributed by atoms with Crippen LogP contribution in [-0.4, -0.2) is 17.4 Å². The number of thiazole rings is 1. The number of hydrogen-bond acceptors (Lipinski definition) is 4. The number of carbonyl (C=O) groups excluding carboxylic acids is 1. The smallest absolute Gasteiger partial charge is 0.270 e. The van der Waals surface area contributed by atoms with E-state index < -0.39 is 0 Å². The van der Waals surface area contributed by atoms with E-state index in [9.17, 15) is 4.79 Å². The van der Waals surface area contributed by atoms with E-state index in [1.165, 1.54) is 11.3 Å². The van der Waals surface area contributed by atoms with E-state index in [4.69, 9.17) is 4.42 Å². The van der Waals surface area contributed by atoms with Crippen LogP contribution in [0, 0.1) is 0 Å². The summed E-state index contributed by atoms with van der Waals surface area (Å²) in [7, 11) is 0. The van der Waals surface area contributed by atoms with Crippen molar-refractivity contribution < 1.29 is 9.21 Å². The van der Waals surface area contributed by atoms with Crippen LogP contribution in [0.2, 0.25) is 0 Å². The second-order valence-electron chi connectivity index (χ2n) is 3.63. The van der Waals surface area contributed by atoms with E-state index in [2.05, 4.69) is 10.3 Å². The van der Waals surface area contributed by atoms with Crippen LogP contribution in [0.1, 0.15) is 23.8 Å². The van der Waals surface area contributed by atoms with E-state index >= 15 is 0 Å². The van der Waals surface area contributed by atoms with Crippen LogP contribution in [0.4, 0.5) is 0 Å². The van der Waals surface area contributed by atoms with Crippen molar-refractivity contribution in [2.45, 2.75) is 13.3 Å². The molecule has 0 saturated heterocycles. The first-order chi connectivity index (χ1) is 8.81. The summed E-state index contributed by atoms with van der Waals surface area (Å²) in [6.45, 7) is 2.58. The molecule has 0 aliphatic rings. The fraction of sp³-hybridized carbons (Fsp3) is 0.231. The summed E-state index contributed by atoms with van der Waals surface area (Å²) in [6, 6.07) is 3.63. The zero-order valence-electron chi connectivity index (χ0n) is 10.1. The zero-order valence-corrected chi connectivity index (χ0v) is 10.9. The molecule has 0 bridgehead atoms. The Bertz CT molecular complexity index is 529. The van der Waals surface area contributed by atoms with Crippen LogP contribution < -0.4 is 5.32 Å². The summed E-state index contributed by atoms with van der Waals surface area (Å²) in [5.74, 6) is 0.543. The normalized spacial score (nSPS) is 10.9. The Balaban J connectivity index is 1.95. The SMILES string of the molecule is C/C=C/CCNC(=O)c1csc(-c2ccco2)n1. The highest BCUT2D eigenvalue weighted by atomic mass is 32.1. The van der Waals surface area contributed by atoms with Gasteiger partial charge in [-0.3, -0.25) is 4.79 Å². The lowest BCUT2D eigenvalue weighted by atomic mass is 10.3. The molecule has 0 fully saturated rings. The van der Waals surface area contributed by atoms with Crippen LogP contribution in [0.3, 0.4) is 0 Å². The molecule has 0 atom stereocenters. The maximum atomic E-state index is 11.8. The van der Waals surface area contributed by atoms with Crippen LogP contribution in [-0.2, 0) is 0 Å². The lowest BCUT2D eigenvalue weighted by Crippen LogP contribution is -2.24. The third-order valence-electron chi connectivity index (χ3n) is 2.30. The molecule has 5 heteroatoms. The Hall–Kier alpha value is -1.88. The van der Waals surface area contributed by atoms with E-state index in [0.717, 1.165) is 11.4 Å². The quantitative estimate of drug-likeness (QED) is 0.665. The summed E-state index contributed by atoms with van der Waals surface area (Å²) >= 11 is 1.40. The lowest BCUT2D eigenvalue weighted by Gasteiger charge is -1.99. The minimum Gasteiger partial charge on any atom is -0.462 e. The number of nitrogens with one attached hydrogen (secondary N) is 1. The standard InChI is InChI=1S/C13H14N2O2S/c1-2-3-4-7-14-12(16)10-9-18-13(15-10)11-6-5-8-17-11/h2-3,5-6,8-9H,4,7H2,1H3,(H,14,16)/b3-2+. The third kappa shape index (κ3) is 3.07. The number of carbonyl (C=O) groups is 1. The molecule has 0 spiro atoms. The van der Waals surface area contributed by atoms with Gasteiger partial charge in [-0.05, 0) is 25.5 Å². The Kier molecular flexibility index (Phi) is 4.30. The summed E-state index contributed by atoms with van der Waals surface area (Å²) in [6.07, 6.45) is 6.39. The Morgan fingerprint density at radius 3 is 3.22 bits per heavy atom. The van der Waals surface area contributed by atoms with Crippen molar-refractivity contribution in [2.75, 3.05) is 6.54 Å². The fourth-order valence-corrected chi connectivity index (χ4v) is 2.18. The molecule has 4 nitrogen and oxygen atoms in total. The van der Waals surface area contributed by atoms with Crippen molar-refractivity contribution in [1.82, 2.24) is 10.3 Å². The highest BCUT2D eigenvalue weighted by molar-refractivity contribution is 7.13. The molecule has 2 heterocycles. The molecule has 1 N–H and O–H groups in total. The largest absolute Gasteiger partial charge is 0.462 e. The molecule has 1 amide bonds. The Morgan fingerprint density at radius 1 is 1.61 bits per heavy atom. The second kappa shape index (κ2) is 6.16. The van der Waals surface area contributed by atoms with Gasteiger partial charge in [0.15, 0.2) is 10.8 Å². The van der Waals surface area contributed by atoms with Gasteiger partial charge in [-0.1, -0.05) is 12.2 Å². The molecule has 0 radical (unpaired) electrons. The first-order valence-electron chi connectivity index (χ1n) is 5.70. The topological polar surface area (TPSA) is 55.1 Å². The molecule has 0 unspecified atom stereocenters. The molecule has 94 valence electrons. The predicted octanol–water partition coefficient (Wildman–Crippen LogP) is 3.10. The van der Waals surface area contributed by atoms with Crippen molar-refractivity contribution >= 4 is 17.2 Å². The molecule has 2 aromatic rings. The van der Waals surface area contributed by atoms with E-state index in [1.807, 2.05) is 25.1 Å². The number of aromatic nitrogens is 1. The van der Waals surface area contributed by atoms with Crippen molar-refractivity contribution in [2.24, 2.45) is 0 Å². The molecule has 18 heavy (non-hydrogen) atoms. The lowest BCUT2D eigenvalue weighted by molar-refractivity contribution is 0.0950. The van der Waals surface area contributed by atoms with Crippen LogP contribution in [0.5, 0.6) is 0 Å². The van der Waals surface area contributed by atoms with Crippen LogP contribution >= 0.6 is 11.3 Å². The van der Waals surface area contributed by atoms with Gasteiger partial charge in [0, 0.05) is 11.9 Å². The highest BCUT2D eigenvalue weighted by Gasteiger charge is 2.12. The maximum Gasteiger partial charge on any atom is 0.270 e. The van der Waals surface area contributed by atoms with Gasteiger partial charge in [0.25, 0.3) is 5.91 Å². The van der Waals surface area contributed by atoms with Gasteiger partial charge in [-0.25, -0.2) is 4.98 Å². The van der Waals surface area contributed by atoms with Crippen molar-refractivity contribution in [3.8, 4) is 10.8 Å². The average molecular weight is 262 g/mol. The van der Waals surface area contributed by atoms with Gasteiger partial charge in [0.2, 0.25) is 0 Å². The number of allylic oxidation sites excluding steroid dienone is 1. The fourth-order valence-electron chi connectivity index (χ4n) is 1.42. The van der Waals surface area contributed by atoms with Crippen molar-refractivity contribution in [1.29, 1.82) is 0 Å². The van der Waals surface area contributed by atoms with Gasteiger partial charge in [-0.2, -0.15) is 0 Å². The number of hydrogen-bond donors (Lipinski definition) is 1. The molecular weight excluding hydrogens is 248 g/mol. The zero-order chi connectivity index (χ0) is 12.8. The number of amides is 1. The Labute approximate surface area is 109 Å². The average Bonchev–Trinajstić information content (AvgIpc) is 3.03. The molecule has 0 aromatic carbocycles. The van der Waals surface area contributed by atoms with E-state index in [-0.39, 0.29) is 5.91 Å². The summed E-state index contributed by atoms with van der Waals surface area (Å²) in [5, 5.41) is 5.28. The van der Waals surface area contributed by atoms with Crippen molar-refractivity contribution in [3.63, 3.8) is 0 Å². The number of nitrogens with zero attached hydrogens (tertiary/aromatic N) is 1. The minimum absolute atomic E-state index is 0.145. The third-order valence-corrected chi connectivity index (χ3v) is 3.16. The minimum atomic E-state index is -0.145.